The predicted molar refractivity (Wildman–Crippen MR) is 70.7 cm³/mol. The molecule has 92 valence electrons. The third-order valence-electron chi connectivity index (χ3n) is 2.36. The molecule has 0 bridgehead atoms. The fourth-order valence-electron chi connectivity index (χ4n) is 1.56. The standard InChI is InChI=1S/C11H8BrN3O3/c1-7(12)5-14-6-13-10-3-2-8(15(17)18)4-9(10)11(14)16/h2-4,6H,1,5H2. The van der Waals surface area contributed by atoms with E-state index in [4.69, 9.17) is 0 Å². The Morgan fingerprint density at radius 2 is 2.28 bits per heavy atom. The first-order chi connectivity index (χ1) is 8.49. The second-order valence-corrected chi connectivity index (χ2v) is 4.77. The molecule has 0 unspecified atom stereocenters. The number of hydrogen-bond acceptors (Lipinski definition) is 4. The molecule has 0 fully saturated rings. The van der Waals surface area contributed by atoms with Crippen LogP contribution in [0.15, 0.2) is 40.4 Å². The van der Waals surface area contributed by atoms with Crippen molar-refractivity contribution in [2.24, 2.45) is 0 Å². The normalized spacial score (nSPS) is 10.5. The molecule has 0 aliphatic rings. The molecule has 0 radical (unpaired) electrons. The van der Waals surface area contributed by atoms with Gasteiger partial charge in [0.15, 0.2) is 0 Å². The molecule has 0 saturated heterocycles. The Labute approximate surface area is 110 Å². The predicted octanol–water partition coefficient (Wildman–Crippen LogP) is 2.21. The zero-order valence-corrected chi connectivity index (χ0v) is 10.8. The molecule has 0 amide bonds. The third-order valence-corrected chi connectivity index (χ3v) is 2.61. The number of hydrogen-bond donors (Lipinski definition) is 0. The van der Waals surface area contributed by atoms with E-state index in [1.807, 2.05) is 0 Å². The van der Waals surface area contributed by atoms with Crippen LogP contribution in [0.4, 0.5) is 5.69 Å². The Balaban J connectivity index is 2.67. The molecule has 0 saturated carbocycles. The molecule has 2 rings (SSSR count). The van der Waals surface area contributed by atoms with Gasteiger partial charge in [0, 0.05) is 16.6 Å². The van der Waals surface area contributed by atoms with E-state index in [2.05, 4.69) is 27.5 Å². The molecule has 0 aliphatic carbocycles. The van der Waals surface area contributed by atoms with Crippen molar-refractivity contribution in [1.29, 1.82) is 0 Å². The van der Waals surface area contributed by atoms with E-state index >= 15 is 0 Å². The summed E-state index contributed by atoms with van der Waals surface area (Å²) in [7, 11) is 0. The van der Waals surface area contributed by atoms with Gasteiger partial charge < -0.3 is 0 Å². The van der Waals surface area contributed by atoms with Gasteiger partial charge in [-0.1, -0.05) is 22.5 Å². The maximum atomic E-state index is 12.1. The highest BCUT2D eigenvalue weighted by molar-refractivity contribution is 9.11. The second-order valence-electron chi connectivity index (χ2n) is 3.65. The molecular formula is C11H8BrN3O3. The first-order valence-electron chi connectivity index (χ1n) is 4.96. The summed E-state index contributed by atoms with van der Waals surface area (Å²) in [6, 6.07) is 4.02. The topological polar surface area (TPSA) is 78.0 Å². The van der Waals surface area contributed by atoms with E-state index in [0.717, 1.165) is 0 Å². The molecule has 0 atom stereocenters. The van der Waals surface area contributed by atoms with Crippen LogP contribution in [-0.2, 0) is 6.54 Å². The monoisotopic (exact) mass is 309 g/mol. The Morgan fingerprint density at radius 1 is 1.56 bits per heavy atom. The molecule has 0 N–H and O–H groups in total. The summed E-state index contributed by atoms with van der Waals surface area (Å²) in [6.45, 7) is 3.91. The van der Waals surface area contributed by atoms with Crippen LogP contribution in [0.25, 0.3) is 10.9 Å². The number of rotatable bonds is 3. The summed E-state index contributed by atoms with van der Waals surface area (Å²) in [5, 5.41) is 10.9. The zero-order valence-electron chi connectivity index (χ0n) is 9.17. The van der Waals surface area contributed by atoms with Crippen LogP contribution in [0.1, 0.15) is 0 Å². The van der Waals surface area contributed by atoms with Gasteiger partial charge in [0.05, 0.1) is 28.7 Å². The third kappa shape index (κ3) is 2.30. The van der Waals surface area contributed by atoms with Gasteiger partial charge in [-0.25, -0.2) is 4.98 Å². The molecular weight excluding hydrogens is 302 g/mol. The van der Waals surface area contributed by atoms with Crippen molar-refractivity contribution in [2.45, 2.75) is 6.54 Å². The van der Waals surface area contributed by atoms with Crippen LogP contribution in [0.2, 0.25) is 0 Å². The first-order valence-corrected chi connectivity index (χ1v) is 5.75. The second kappa shape index (κ2) is 4.69. The van der Waals surface area contributed by atoms with Crippen LogP contribution in [-0.4, -0.2) is 14.5 Å². The van der Waals surface area contributed by atoms with Gasteiger partial charge in [0.25, 0.3) is 11.2 Å². The summed E-state index contributed by atoms with van der Waals surface area (Å²) < 4.78 is 1.96. The number of nitro groups is 1. The van der Waals surface area contributed by atoms with Crippen LogP contribution in [0.5, 0.6) is 0 Å². The Kier molecular flexibility index (Phi) is 3.24. The van der Waals surface area contributed by atoms with E-state index in [1.54, 1.807) is 0 Å². The summed E-state index contributed by atoms with van der Waals surface area (Å²) in [5.74, 6) is 0. The van der Waals surface area contributed by atoms with Crippen LogP contribution in [0, 0.1) is 10.1 Å². The molecule has 1 aromatic carbocycles. The fourth-order valence-corrected chi connectivity index (χ4v) is 1.83. The lowest BCUT2D eigenvalue weighted by Crippen LogP contribution is -2.20. The van der Waals surface area contributed by atoms with E-state index < -0.39 is 4.92 Å². The van der Waals surface area contributed by atoms with Gasteiger partial charge in [-0.2, -0.15) is 0 Å². The van der Waals surface area contributed by atoms with Crippen LogP contribution < -0.4 is 5.56 Å². The van der Waals surface area contributed by atoms with Gasteiger partial charge in [-0.3, -0.25) is 19.5 Å². The minimum absolute atomic E-state index is 0.128. The summed E-state index contributed by atoms with van der Waals surface area (Å²) in [6.07, 6.45) is 1.39. The largest absolute Gasteiger partial charge is 0.294 e. The number of nitro benzene ring substituents is 1. The number of aromatic nitrogens is 2. The Hall–Kier alpha value is -2.02. The van der Waals surface area contributed by atoms with Crippen molar-refractivity contribution in [3.63, 3.8) is 0 Å². The molecule has 0 spiro atoms. The first kappa shape index (κ1) is 12.4. The number of benzene rings is 1. The van der Waals surface area contributed by atoms with Gasteiger partial charge in [0.1, 0.15) is 0 Å². The average Bonchev–Trinajstić information content (AvgIpc) is 2.32. The van der Waals surface area contributed by atoms with Crippen molar-refractivity contribution in [1.82, 2.24) is 9.55 Å². The molecule has 1 aromatic heterocycles. The van der Waals surface area contributed by atoms with Gasteiger partial charge in [-0.05, 0) is 6.07 Å². The van der Waals surface area contributed by atoms with Crippen molar-refractivity contribution >= 4 is 32.5 Å². The summed E-state index contributed by atoms with van der Waals surface area (Å²) >= 11 is 3.16. The van der Waals surface area contributed by atoms with E-state index in [-0.39, 0.29) is 23.2 Å². The summed E-state index contributed by atoms with van der Waals surface area (Å²) in [4.78, 5) is 26.3. The number of allylic oxidation sites excluding steroid dienone is 1. The van der Waals surface area contributed by atoms with E-state index in [9.17, 15) is 14.9 Å². The molecule has 2 aromatic rings. The van der Waals surface area contributed by atoms with Crippen LogP contribution >= 0.6 is 15.9 Å². The maximum absolute atomic E-state index is 12.1. The van der Waals surface area contributed by atoms with E-state index in [1.165, 1.54) is 29.1 Å². The van der Waals surface area contributed by atoms with Gasteiger partial charge in [0.2, 0.25) is 0 Å². The quantitative estimate of drug-likeness (QED) is 0.643. The molecule has 7 heteroatoms. The highest BCUT2D eigenvalue weighted by Crippen LogP contribution is 2.16. The molecule has 6 nitrogen and oxygen atoms in total. The fraction of sp³-hybridized carbons (Fsp3) is 0.0909. The van der Waals surface area contributed by atoms with E-state index in [0.29, 0.717) is 10.00 Å². The Bertz CT molecular complexity index is 708. The molecule has 18 heavy (non-hydrogen) atoms. The zero-order chi connectivity index (χ0) is 13.3. The lowest BCUT2D eigenvalue weighted by Gasteiger charge is -2.04. The van der Waals surface area contributed by atoms with Crippen molar-refractivity contribution in [3.8, 4) is 0 Å². The summed E-state index contributed by atoms with van der Waals surface area (Å²) in [5.41, 5.74) is -0.0249. The highest BCUT2D eigenvalue weighted by atomic mass is 79.9. The van der Waals surface area contributed by atoms with Crippen LogP contribution in [0.3, 0.4) is 0 Å². The average molecular weight is 310 g/mol. The molecule has 1 heterocycles. The van der Waals surface area contributed by atoms with Gasteiger partial charge in [-0.15, -0.1) is 0 Å². The van der Waals surface area contributed by atoms with Gasteiger partial charge >= 0.3 is 0 Å². The van der Waals surface area contributed by atoms with Crippen molar-refractivity contribution < 1.29 is 4.92 Å². The Morgan fingerprint density at radius 3 is 2.89 bits per heavy atom. The number of nitrogens with zero attached hydrogens (tertiary/aromatic N) is 3. The van der Waals surface area contributed by atoms with Crippen molar-refractivity contribution in [3.05, 3.63) is 56.1 Å². The molecule has 0 aliphatic heterocycles. The number of fused-ring (bicyclic) bond motifs is 1. The minimum atomic E-state index is -0.542. The SMILES string of the molecule is C=C(Br)Cn1cnc2ccc([N+](=O)[O-])cc2c1=O. The minimum Gasteiger partial charge on any atom is -0.294 e. The number of halogens is 1. The smallest absolute Gasteiger partial charge is 0.270 e. The highest BCUT2D eigenvalue weighted by Gasteiger charge is 2.10. The lowest BCUT2D eigenvalue weighted by molar-refractivity contribution is -0.384. The maximum Gasteiger partial charge on any atom is 0.270 e. The number of non-ortho nitro benzene ring substituents is 1. The van der Waals surface area contributed by atoms with Crippen molar-refractivity contribution in [2.75, 3.05) is 0 Å². The lowest BCUT2D eigenvalue weighted by atomic mass is 10.2.